The van der Waals surface area contributed by atoms with Crippen LogP contribution in [0.3, 0.4) is 0 Å². The van der Waals surface area contributed by atoms with E-state index in [9.17, 15) is 0 Å². The van der Waals surface area contributed by atoms with Crippen molar-refractivity contribution >= 4 is 31.4 Å². The zero-order valence-electron chi connectivity index (χ0n) is 24.5. The molecule has 0 rings (SSSR count). The molecule has 0 aromatic carbocycles. The van der Waals surface area contributed by atoms with Crippen molar-refractivity contribution in [2.24, 2.45) is 0 Å². The Hall–Kier alpha value is 1.52. The van der Waals surface area contributed by atoms with Crippen molar-refractivity contribution < 1.29 is 0 Å². The van der Waals surface area contributed by atoms with Gasteiger partial charge in [0.1, 0.15) is 0 Å². The summed E-state index contributed by atoms with van der Waals surface area (Å²) in [6, 6.07) is 0. The predicted molar refractivity (Wildman–Crippen MR) is 166 cm³/mol. The Kier molecular flexibility index (Phi) is 25.0. The molecule has 0 spiro atoms. The summed E-state index contributed by atoms with van der Waals surface area (Å²) in [5.74, 6) is 1.60. The van der Waals surface area contributed by atoms with Gasteiger partial charge in [-0.1, -0.05) is 0 Å². The molecular weight excluding hydrogens is 537 g/mol. The Bertz CT molecular complexity index is 310. The first kappa shape index (κ1) is 34.5. The zero-order chi connectivity index (χ0) is 24.7. The van der Waals surface area contributed by atoms with Gasteiger partial charge < -0.3 is 0 Å². The third-order valence-corrected chi connectivity index (χ3v) is 74.8. The van der Waals surface area contributed by atoms with E-state index in [4.69, 9.17) is 0 Å². The monoisotopic (exact) mass is 606 g/mol. The van der Waals surface area contributed by atoms with E-state index in [-0.39, 0.29) is 0 Å². The van der Waals surface area contributed by atoms with Crippen molar-refractivity contribution in [3.05, 3.63) is 0 Å². The van der Waals surface area contributed by atoms with Crippen LogP contribution in [0.5, 0.6) is 0 Å². The van der Waals surface area contributed by atoms with Gasteiger partial charge in [-0.3, -0.25) is 0 Å². The Morgan fingerprint density at radius 1 is 0.303 bits per heavy atom. The van der Waals surface area contributed by atoms with Crippen molar-refractivity contribution in [3.63, 3.8) is 0 Å². The van der Waals surface area contributed by atoms with Gasteiger partial charge in [-0.15, -0.1) is 0 Å². The quantitative estimate of drug-likeness (QED) is 0.0524. The zero-order valence-corrected chi connectivity index (χ0v) is 29.7. The fraction of sp³-hybridized carbons (Fsp3) is 1.00. The summed E-state index contributed by atoms with van der Waals surface area (Å²) in [6.07, 6.45) is 27.2. The van der Waals surface area contributed by atoms with Gasteiger partial charge in [0, 0.05) is 0 Å². The Balaban J connectivity index is 5.91. The van der Waals surface area contributed by atoms with E-state index >= 15 is 0 Å². The average Bonchev–Trinajstić information content (AvgIpc) is 2.80. The second-order valence-electron chi connectivity index (χ2n) is 11.4. The summed E-state index contributed by atoms with van der Waals surface area (Å²) in [4.78, 5) is 0. The normalized spacial score (nSPS) is 12.5. The first-order valence-electron chi connectivity index (χ1n) is 15.9. The van der Waals surface area contributed by atoms with Crippen LogP contribution in [0.1, 0.15) is 157 Å². The van der Waals surface area contributed by atoms with Crippen molar-refractivity contribution in [2.75, 3.05) is 0 Å². The van der Waals surface area contributed by atoms with Crippen molar-refractivity contribution in [1.29, 1.82) is 0 Å². The molecule has 0 aromatic rings. The van der Waals surface area contributed by atoms with Gasteiger partial charge in [-0.2, -0.15) is 0 Å². The van der Waals surface area contributed by atoms with Gasteiger partial charge in [0.05, 0.1) is 0 Å². The molecule has 0 aliphatic rings. The molecule has 0 amide bonds. The topological polar surface area (TPSA) is 0 Å². The molecule has 3 heteroatoms. The molecule has 0 aliphatic carbocycles. The minimum absolute atomic E-state index is 1.42. The molecule has 33 heavy (non-hydrogen) atoms. The van der Waals surface area contributed by atoms with Gasteiger partial charge in [0.25, 0.3) is 0 Å². The molecule has 200 valence electrons. The van der Waals surface area contributed by atoms with Gasteiger partial charge in [-0.05, 0) is 0 Å². The molecule has 0 aromatic heterocycles. The van der Waals surface area contributed by atoms with E-state index in [0.29, 0.717) is 0 Å². The van der Waals surface area contributed by atoms with Crippen molar-refractivity contribution in [1.82, 2.24) is 0 Å². The van der Waals surface area contributed by atoms with Crippen LogP contribution >= 0.6 is 5.80 Å². The molecule has 0 aliphatic heterocycles. The van der Waals surface area contributed by atoms with Crippen LogP contribution in [0, 0.1) is 0 Å². The molecule has 0 heterocycles. The van der Waals surface area contributed by atoms with E-state index in [1.165, 1.54) is 77.0 Å². The summed E-state index contributed by atoms with van der Waals surface area (Å²) >= 11 is -3.52. The van der Waals surface area contributed by atoms with Gasteiger partial charge in [0.2, 0.25) is 0 Å². The molecule has 0 nitrogen and oxygen atoms in total. The van der Waals surface area contributed by atoms with Crippen molar-refractivity contribution in [3.8, 4) is 0 Å². The SMILES string of the molecule is CCCC[CH2][Ge]([CH2]CCCC)([CH2]CCCC)[PH][Ge]([CH2]CCCC)([CH2]CCCC)[CH2]CCCC. The standard InChI is InChI=1S/C30H67Ge2P/c1-7-13-19-25-31(26-20-14-8-2,27-21-15-9-3)33-32(28-22-16-10-4,29-23-17-11-5)30-24-18-12-6/h33H,7-30H2,1-6H3. The van der Waals surface area contributed by atoms with Crippen LogP contribution in [-0.2, 0) is 0 Å². The molecule has 0 N–H and O–H groups in total. The summed E-state index contributed by atoms with van der Waals surface area (Å²) < 4.78 is 0. The second-order valence-corrected chi connectivity index (χ2v) is 49.5. The van der Waals surface area contributed by atoms with Crippen LogP contribution in [0.2, 0.25) is 31.5 Å². The molecular formula is C30H67Ge2P. The molecule has 0 bridgehead atoms. The number of hydrogen-bond acceptors (Lipinski definition) is 0. The van der Waals surface area contributed by atoms with Crippen LogP contribution < -0.4 is 0 Å². The second kappa shape index (κ2) is 23.9. The van der Waals surface area contributed by atoms with E-state index < -0.39 is 25.6 Å². The fourth-order valence-electron chi connectivity index (χ4n) is 5.97. The summed E-state index contributed by atoms with van der Waals surface area (Å²) in [5, 5.41) is 10.6. The van der Waals surface area contributed by atoms with E-state index in [1.54, 1.807) is 75.8 Å². The summed E-state index contributed by atoms with van der Waals surface area (Å²) in [6.45, 7) is 14.5. The first-order valence-corrected chi connectivity index (χ1v) is 32.1. The first-order chi connectivity index (χ1) is 16.1. The van der Waals surface area contributed by atoms with Crippen LogP contribution in [0.25, 0.3) is 0 Å². The molecule has 0 radical (unpaired) electrons. The van der Waals surface area contributed by atoms with E-state index in [0.717, 1.165) is 0 Å². The predicted octanol–water partition coefficient (Wildman–Crippen LogP) is 12.7. The van der Waals surface area contributed by atoms with Gasteiger partial charge in [0.15, 0.2) is 0 Å². The van der Waals surface area contributed by atoms with Crippen LogP contribution in [-0.4, -0.2) is 25.6 Å². The van der Waals surface area contributed by atoms with Crippen LogP contribution in [0.15, 0.2) is 0 Å². The molecule has 0 fully saturated rings. The fourth-order valence-corrected chi connectivity index (χ4v) is 101. The van der Waals surface area contributed by atoms with Crippen LogP contribution in [0.4, 0.5) is 0 Å². The molecule has 0 saturated carbocycles. The van der Waals surface area contributed by atoms with Gasteiger partial charge >= 0.3 is 220 Å². The van der Waals surface area contributed by atoms with E-state index in [2.05, 4.69) is 41.5 Å². The molecule has 0 saturated heterocycles. The summed E-state index contributed by atoms with van der Waals surface area (Å²) in [5.41, 5.74) is 0. The Morgan fingerprint density at radius 3 is 0.636 bits per heavy atom. The molecule has 0 unspecified atom stereocenters. The average molecular weight is 604 g/mol. The maximum atomic E-state index is 2.42. The number of unbranched alkanes of at least 4 members (excludes halogenated alkanes) is 12. The molecule has 0 atom stereocenters. The maximum absolute atomic E-state index is 2.42. The Labute approximate surface area is 219 Å². The number of hydrogen-bond donors (Lipinski definition) is 0. The minimum atomic E-state index is -1.76. The van der Waals surface area contributed by atoms with Gasteiger partial charge in [-0.25, -0.2) is 0 Å². The third-order valence-electron chi connectivity index (χ3n) is 8.08. The van der Waals surface area contributed by atoms with E-state index in [1.807, 2.05) is 0 Å². The summed E-state index contributed by atoms with van der Waals surface area (Å²) in [7, 11) is 0. The third kappa shape index (κ3) is 17.6. The Morgan fingerprint density at radius 2 is 0.485 bits per heavy atom. The van der Waals surface area contributed by atoms with Crippen molar-refractivity contribution in [2.45, 2.75) is 189 Å². The number of rotatable bonds is 26.